The van der Waals surface area contributed by atoms with Crippen LogP contribution in [0, 0.1) is 0 Å². The predicted octanol–water partition coefficient (Wildman–Crippen LogP) is 3.80. The Morgan fingerprint density at radius 1 is 1.19 bits per heavy atom. The van der Waals surface area contributed by atoms with Gasteiger partial charge < -0.3 is 9.88 Å². The van der Waals surface area contributed by atoms with Crippen molar-refractivity contribution in [2.24, 2.45) is 7.05 Å². The van der Waals surface area contributed by atoms with Crippen LogP contribution < -0.4 is 5.32 Å². The number of ketones is 1. The van der Waals surface area contributed by atoms with Gasteiger partial charge in [0, 0.05) is 41.3 Å². The molecule has 3 aromatic rings. The Bertz CT molecular complexity index is 1060. The molecule has 0 fully saturated rings. The van der Waals surface area contributed by atoms with Gasteiger partial charge in [-0.1, -0.05) is 11.6 Å². The van der Waals surface area contributed by atoms with E-state index in [1.165, 1.54) is 0 Å². The summed E-state index contributed by atoms with van der Waals surface area (Å²) in [4.78, 5) is 29.2. The molecule has 0 radical (unpaired) electrons. The minimum atomic E-state index is -0.203. The lowest BCUT2D eigenvalue weighted by Gasteiger charge is -1.98. The number of aryl methyl sites for hydroxylation is 1. The van der Waals surface area contributed by atoms with Crippen LogP contribution in [0.4, 0.5) is 5.69 Å². The predicted molar refractivity (Wildman–Crippen MR) is 101 cm³/mol. The zero-order valence-corrected chi connectivity index (χ0v) is 14.6. The summed E-state index contributed by atoms with van der Waals surface area (Å²) >= 11 is 5.87. The molecule has 0 spiro atoms. The lowest BCUT2D eigenvalue weighted by molar-refractivity contribution is -0.110. The number of halogens is 1. The van der Waals surface area contributed by atoms with Crippen molar-refractivity contribution in [2.75, 3.05) is 5.32 Å². The Morgan fingerprint density at radius 3 is 2.73 bits per heavy atom. The maximum absolute atomic E-state index is 12.7. The fourth-order valence-electron chi connectivity index (χ4n) is 2.92. The first-order chi connectivity index (χ1) is 12.5. The van der Waals surface area contributed by atoms with Crippen LogP contribution in [0.25, 0.3) is 11.6 Å². The number of nitrogens with one attached hydrogen (secondary N) is 1. The minimum Gasteiger partial charge on any atom is -0.350 e. The highest BCUT2D eigenvalue weighted by Gasteiger charge is 2.25. The third-order valence-corrected chi connectivity index (χ3v) is 4.51. The van der Waals surface area contributed by atoms with Crippen molar-refractivity contribution in [1.82, 2.24) is 9.55 Å². The van der Waals surface area contributed by atoms with E-state index in [1.54, 1.807) is 54.9 Å². The quantitative estimate of drug-likeness (QED) is 0.568. The first kappa shape index (κ1) is 16.3. The van der Waals surface area contributed by atoms with Crippen molar-refractivity contribution >= 4 is 40.6 Å². The maximum Gasteiger partial charge on any atom is 0.258 e. The summed E-state index contributed by atoms with van der Waals surface area (Å²) in [5, 5.41) is 3.37. The number of carbonyl (C=O) groups excluding carboxylic acids is 2. The van der Waals surface area contributed by atoms with E-state index in [1.807, 2.05) is 17.7 Å². The van der Waals surface area contributed by atoms with Crippen molar-refractivity contribution in [2.45, 2.75) is 0 Å². The molecule has 2 aromatic heterocycles. The Morgan fingerprint density at radius 2 is 1.96 bits per heavy atom. The largest absolute Gasteiger partial charge is 0.350 e. The van der Waals surface area contributed by atoms with Crippen LogP contribution in [-0.4, -0.2) is 21.2 Å². The van der Waals surface area contributed by atoms with Gasteiger partial charge in [0.1, 0.15) is 0 Å². The van der Waals surface area contributed by atoms with Gasteiger partial charge >= 0.3 is 0 Å². The van der Waals surface area contributed by atoms with Crippen LogP contribution >= 0.6 is 11.6 Å². The van der Waals surface area contributed by atoms with Gasteiger partial charge in [0.25, 0.3) is 5.91 Å². The summed E-state index contributed by atoms with van der Waals surface area (Å²) < 4.78 is 1.81. The zero-order chi connectivity index (χ0) is 18.3. The van der Waals surface area contributed by atoms with Crippen molar-refractivity contribution in [1.29, 1.82) is 0 Å². The van der Waals surface area contributed by atoms with Crippen molar-refractivity contribution in [3.05, 3.63) is 82.4 Å². The maximum atomic E-state index is 12.7. The molecule has 6 heteroatoms. The van der Waals surface area contributed by atoms with Crippen molar-refractivity contribution < 1.29 is 9.59 Å². The van der Waals surface area contributed by atoms with Gasteiger partial charge in [0.05, 0.1) is 17.0 Å². The van der Waals surface area contributed by atoms with Crippen LogP contribution in [0.2, 0.25) is 5.02 Å². The Hall–Kier alpha value is -3.18. The fraction of sp³-hybridized carbons (Fsp3) is 0.0500. The fourth-order valence-corrected chi connectivity index (χ4v) is 3.04. The van der Waals surface area contributed by atoms with E-state index in [0.29, 0.717) is 33.1 Å². The molecule has 5 nitrogen and oxygen atoms in total. The third-order valence-electron chi connectivity index (χ3n) is 4.26. The van der Waals surface area contributed by atoms with E-state index in [2.05, 4.69) is 10.3 Å². The molecule has 128 valence electrons. The van der Waals surface area contributed by atoms with Crippen LogP contribution in [0.3, 0.4) is 0 Å². The molecule has 0 atom stereocenters. The van der Waals surface area contributed by atoms with Crippen LogP contribution in [0.15, 0.2) is 54.9 Å². The van der Waals surface area contributed by atoms with E-state index < -0.39 is 0 Å². The van der Waals surface area contributed by atoms with Gasteiger partial charge in [-0.15, -0.1) is 0 Å². The first-order valence-electron chi connectivity index (χ1n) is 7.98. The number of benzene rings is 1. The average Bonchev–Trinajstić information content (AvgIpc) is 3.16. The topological polar surface area (TPSA) is 64.0 Å². The monoisotopic (exact) mass is 363 g/mol. The number of nitrogens with zero attached hydrogens (tertiary/aromatic N) is 2. The number of rotatable bonds is 3. The molecular formula is C20H14ClN3O2. The minimum absolute atomic E-state index is 0.101. The van der Waals surface area contributed by atoms with E-state index in [0.717, 1.165) is 5.69 Å². The van der Waals surface area contributed by atoms with E-state index in [4.69, 9.17) is 11.6 Å². The molecule has 0 bridgehead atoms. The SMILES string of the molecule is Cn1cc(C(=O)c2ccc(Cl)cc2)cc1C=C1C(=O)Nc2cccnc21. The Balaban J connectivity index is 1.70. The molecule has 0 unspecified atom stereocenters. The molecule has 1 N–H and O–H groups in total. The second kappa shape index (κ2) is 6.28. The number of hydrogen-bond donors (Lipinski definition) is 1. The molecule has 1 aliphatic heterocycles. The van der Waals surface area contributed by atoms with Gasteiger partial charge in [-0.2, -0.15) is 0 Å². The third kappa shape index (κ3) is 2.82. The molecule has 4 rings (SSSR count). The summed E-state index contributed by atoms with van der Waals surface area (Å²) in [7, 11) is 1.83. The molecule has 3 heterocycles. The average molecular weight is 364 g/mol. The Kier molecular flexibility index (Phi) is 3.93. The number of aromatic nitrogens is 2. The van der Waals surface area contributed by atoms with Gasteiger partial charge in [0.15, 0.2) is 5.78 Å². The van der Waals surface area contributed by atoms with E-state index in [-0.39, 0.29) is 11.7 Å². The zero-order valence-electron chi connectivity index (χ0n) is 13.9. The molecule has 1 amide bonds. The molecular weight excluding hydrogens is 350 g/mol. The van der Waals surface area contributed by atoms with Gasteiger partial charge in [-0.05, 0) is 48.5 Å². The second-order valence-corrected chi connectivity index (χ2v) is 6.45. The van der Waals surface area contributed by atoms with E-state index >= 15 is 0 Å². The highest BCUT2D eigenvalue weighted by molar-refractivity contribution is 6.34. The lowest BCUT2D eigenvalue weighted by Crippen LogP contribution is -2.04. The lowest BCUT2D eigenvalue weighted by atomic mass is 10.1. The number of carbonyl (C=O) groups is 2. The number of pyridine rings is 1. The number of anilines is 1. The first-order valence-corrected chi connectivity index (χ1v) is 8.36. The molecule has 0 saturated carbocycles. The number of fused-ring (bicyclic) bond motifs is 1. The van der Waals surface area contributed by atoms with E-state index in [9.17, 15) is 9.59 Å². The molecule has 1 aromatic carbocycles. The summed E-state index contributed by atoms with van der Waals surface area (Å²) in [5.41, 5.74) is 3.63. The summed E-state index contributed by atoms with van der Waals surface area (Å²) in [6.07, 6.45) is 5.13. The second-order valence-electron chi connectivity index (χ2n) is 6.01. The van der Waals surface area contributed by atoms with Crippen LogP contribution in [0.5, 0.6) is 0 Å². The van der Waals surface area contributed by atoms with Gasteiger partial charge in [-0.3, -0.25) is 14.6 Å². The molecule has 0 saturated heterocycles. The number of hydrogen-bond acceptors (Lipinski definition) is 3. The molecule has 26 heavy (non-hydrogen) atoms. The van der Waals surface area contributed by atoms with Crippen LogP contribution in [0.1, 0.15) is 27.3 Å². The normalized spacial score (nSPS) is 14.4. The number of amides is 1. The Labute approximate surface area is 154 Å². The highest BCUT2D eigenvalue weighted by atomic mass is 35.5. The highest BCUT2D eigenvalue weighted by Crippen LogP contribution is 2.31. The standard InChI is InChI=1S/C20H14ClN3O2/c1-24-11-13(19(25)12-4-6-14(21)7-5-12)9-15(24)10-16-18-17(23-20(16)26)3-2-8-22-18/h2-11H,1H3,(H,23,26). The summed E-state index contributed by atoms with van der Waals surface area (Å²) in [6.45, 7) is 0. The smallest absolute Gasteiger partial charge is 0.258 e. The molecule has 0 aliphatic carbocycles. The van der Waals surface area contributed by atoms with Crippen LogP contribution in [-0.2, 0) is 11.8 Å². The summed E-state index contributed by atoms with van der Waals surface area (Å²) in [5.74, 6) is -0.304. The van der Waals surface area contributed by atoms with Gasteiger partial charge in [0.2, 0.25) is 0 Å². The summed E-state index contributed by atoms with van der Waals surface area (Å²) in [6, 6.07) is 12.1. The van der Waals surface area contributed by atoms with Crippen molar-refractivity contribution in [3.63, 3.8) is 0 Å². The molecule has 1 aliphatic rings. The van der Waals surface area contributed by atoms with Gasteiger partial charge in [-0.25, -0.2) is 0 Å². The van der Waals surface area contributed by atoms with Crippen molar-refractivity contribution in [3.8, 4) is 0 Å².